The van der Waals surface area contributed by atoms with Gasteiger partial charge in [0, 0.05) is 44.3 Å². The summed E-state index contributed by atoms with van der Waals surface area (Å²) in [4.78, 5) is 11.1. The Bertz CT molecular complexity index is 626. The third-order valence-electron chi connectivity index (χ3n) is 3.51. The van der Waals surface area contributed by atoms with Crippen LogP contribution in [0, 0.1) is 0 Å². The third-order valence-corrected chi connectivity index (χ3v) is 4.71. The quantitative estimate of drug-likeness (QED) is 0.681. The lowest BCUT2D eigenvalue weighted by atomic mass is 10.2. The molecule has 0 atom stereocenters. The lowest BCUT2D eigenvalue weighted by Crippen LogP contribution is -2.38. The van der Waals surface area contributed by atoms with Gasteiger partial charge in [0.25, 0.3) is 0 Å². The molecule has 0 fully saturated rings. The van der Waals surface area contributed by atoms with Gasteiger partial charge < -0.3 is 14.8 Å². The number of thiazole rings is 1. The number of aryl methyl sites for hydroxylation is 1. The Morgan fingerprint density at radius 3 is 2.82 bits per heavy atom. The van der Waals surface area contributed by atoms with E-state index in [2.05, 4.69) is 69.4 Å². The summed E-state index contributed by atoms with van der Waals surface area (Å²) in [7, 11) is 5.91. The summed E-state index contributed by atoms with van der Waals surface area (Å²) in [5, 5.41) is 6.68. The van der Waals surface area contributed by atoms with Crippen molar-refractivity contribution in [2.24, 2.45) is 12.0 Å². The fraction of sp³-hybridized carbons (Fsp3) is 0.500. The van der Waals surface area contributed by atoms with Gasteiger partial charge in [-0.3, -0.25) is 4.99 Å². The normalized spacial score (nSPS) is 12.0. The van der Waals surface area contributed by atoms with Gasteiger partial charge in [-0.25, -0.2) is 4.98 Å². The Labute approximate surface area is 136 Å². The second-order valence-corrected chi connectivity index (χ2v) is 6.59. The van der Waals surface area contributed by atoms with Crippen molar-refractivity contribution in [3.05, 3.63) is 40.1 Å². The van der Waals surface area contributed by atoms with Gasteiger partial charge >= 0.3 is 0 Å². The largest absolute Gasteiger partial charge is 0.353 e. The predicted molar refractivity (Wildman–Crippen MR) is 93.3 cm³/mol. The monoisotopic (exact) mass is 319 g/mol. The molecule has 2 aromatic rings. The predicted octanol–water partition coefficient (Wildman–Crippen LogP) is 2.81. The lowest BCUT2D eigenvalue weighted by Gasteiger charge is -2.22. The van der Waals surface area contributed by atoms with E-state index in [1.807, 2.05) is 14.1 Å². The SMILES string of the molecule is CN=C(NCc1csc(C(C)C)n1)N(C)Cc1cccn1C. The molecular formula is C16H25N5S. The van der Waals surface area contributed by atoms with Gasteiger partial charge in [-0.05, 0) is 12.1 Å². The van der Waals surface area contributed by atoms with E-state index in [1.54, 1.807) is 11.3 Å². The van der Waals surface area contributed by atoms with Crippen LogP contribution < -0.4 is 5.32 Å². The minimum atomic E-state index is 0.484. The minimum absolute atomic E-state index is 0.484. The Hall–Kier alpha value is -1.82. The maximum Gasteiger partial charge on any atom is 0.194 e. The van der Waals surface area contributed by atoms with Crippen molar-refractivity contribution in [1.82, 2.24) is 19.8 Å². The van der Waals surface area contributed by atoms with Gasteiger partial charge in [0.15, 0.2) is 5.96 Å². The molecule has 0 aliphatic heterocycles. The molecule has 120 valence electrons. The second-order valence-electron chi connectivity index (χ2n) is 5.70. The number of rotatable bonds is 5. The van der Waals surface area contributed by atoms with Crippen molar-refractivity contribution in [2.45, 2.75) is 32.9 Å². The van der Waals surface area contributed by atoms with E-state index < -0.39 is 0 Å². The van der Waals surface area contributed by atoms with Crippen LogP contribution in [0.4, 0.5) is 0 Å². The van der Waals surface area contributed by atoms with Crippen LogP contribution in [0.5, 0.6) is 0 Å². The Morgan fingerprint density at radius 1 is 1.50 bits per heavy atom. The van der Waals surface area contributed by atoms with E-state index in [0.29, 0.717) is 12.5 Å². The molecule has 0 radical (unpaired) electrons. The minimum Gasteiger partial charge on any atom is -0.353 e. The molecule has 0 aliphatic rings. The maximum atomic E-state index is 4.64. The van der Waals surface area contributed by atoms with E-state index in [-0.39, 0.29) is 0 Å². The summed E-state index contributed by atoms with van der Waals surface area (Å²) in [6.07, 6.45) is 2.06. The second kappa shape index (κ2) is 7.45. The Morgan fingerprint density at radius 2 is 2.27 bits per heavy atom. The van der Waals surface area contributed by atoms with E-state index in [9.17, 15) is 0 Å². The molecule has 0 saturated carbocycles. The first-order valence-corrected chi connectivity index (χ1v) is 8.35. The van der Waals surface area contributed by atoms with Crippen molar-refractivity contribution < 1.29 is 0 Å². The molecule has 6 heteroatoms. The molecule has 2 heterocycles. The van der Waals surface area contributed by atoms with Crippen molar-refractivity contribution in [3.63, 3.8) is 0 Å². The lowest BCUT2D eigenvalue weighted by molar-refractivity contribution is 0.461. The molecule has 1 N–H and O–H groups in total. The highest BCUT2D eigenvalue weighted by Gasteiger charge is 2.10. The zero-order valence-corrected chi connectivity index (χ0v) is 14.8. The number of aromatic nitrogens is 2. The van der Waals surface area contributed by atoms with Crippen LogP contribution in [0.1, 0.15) is 36.2 Å². The van der Waals surface area contributed by atoms with E-state index in [4.69, 9.17) is 0 Å². The van der Waals surface area contributed by atoms with Crippen LogP contribution in [0.15, 0.2) is 28.7 Å². The smallest absolute Gasteiger partial charge is 0.194 e. The number of nitrogens with zero attached hydrogens (tertiary/aromatic N) is 4. The summed E-state index contributed by atoms with van der Waals surface area (Å²) >= 11 is 1.72. The van der Waals surface area contributed by atoms with Gasteiger partial charge in [0.1, 0.15) is 0 Å². The van der Waals surface area contributed by atoms with Gasteiger partial charge in [-0.15, -0.1) is 11.3 Å². The maximum absolute atomic E-state index is 4.64. The molecule has 0 amide bonds. The van der Waals surface area contributed by atoms with Gasteiger partial charge in [-0.2, -0.15) is 0 Å². The Kier molecular flexibility index (Phi) is 5.60. The molecule has 0 bridgehead atoms. The van der Waals surface area contributed by atoms with Crippen molar-refractivity contribution in [3.8, 4) is 0 Å². The highest BCUT2D eigenvalue weighted by molar-refractivity contribution is 7.09. The molecule has 0 unspecified atom stereocenters. The van der Waals surface area contributed by atoms with Gasteiger partial charge in [0.05, 0.1) is 23.8 Å². The Balaban J connectivity index is 1.92. The number of aliphatic imine (C=N–C) groups is 1. The number of hydrogen-bond acceptors (Lipinski definition) is 3. The summed E-state index contributed by atoms with van der Waals surface area (Å²) in [5.74, 6) is 1.36. The first-order chi connectivity index (χ1) is 10.5. The molecule has 0 spiro atoms. The first-order valence-electron chi connectivity index (χ1n) is 7.47. The fourth-order valence-corrected chi connectivity index (χ4v) is 3.04. The average molecular weight is 319 g/mol. The molecule has 0 aromatic carbocycles. The summed E-state index contributed by atoms with van der Waals surface area (Å²) in [6, 6.07) is 4.18. The van der Waals surface area contributed by atoms with E-state index in [1.165, 1.54) is 10.7 Å². The van der Waals surface area contributed by atoms with Crippen molar-refractivity contribution in [1.29, 1.82) is 0 Å². The van der Waals surface area contributed by atoms with Crippen LogP contribution in [0.25, 0.3) is 0 Å². The van der Waals surface area contributed by atoms with Crippen LogP contribution in [0.3, 0.4) is 0 Å². The van der Waals surface area contributed by atoms with Gasteiger partial charge in [-0.1, -0.05) is 13.8 Å². The number of hydrogen-bond donors (Lipinski definition) is 1. The number of nitrogens with one attached hydrogen (secondary N) is 1. The van der Waals surface area contributed by atoms with Crippen LogP contribution in [-0.4, -0.2) is 34.5 Å². The highest BCUT2D eigenvalue weighted by Crippen LogP contribution is 2.18. The highest BCUT2D eigenvalue weighted by atomic mass is 32.1. The van der Waals surface area contributed by atoms with Crippen molar-refractivity contribution in [2.75, 3.05) is 14.1 Å². The number of guanidine groups is 1. The molecule has 0 aliphatic carbocycles. The molecule has 5 nitrogen and oxygen atoms in total. The van der Waals surface area contributed by atoms with Crippen molar-refractivity contribution >= 4 is 17.3 Å². The van der Waals surface area contributed by atoms with Crippen LogP contribution in [0.2, 0.25) is 0 Å². The standard InChI is InChI=1S/C16H25N5S/c1-12(2)15-19-13(11-22-15)9-18-16(17-3)21(5)10-14-7-6-8-20(14)4/h6-8,11-12H,9-10H2,1-5H3,(H,17,18). The van der Waals surface area contributed by atoms with Crippen LogP contribution in [-0.2, 0) is 20.1 Å². The fourth-order valence-electron chi connectivity index (χ4n) is 2.20. The molecule has 2 aromatic heterocycles. The molecule has 22 heavy (non-hydrogen) atoms. The van der Waals surface area contributed by atoms with E-state index >= 15 is 0 Å². The van der Waals surface area contributed by atoms with Crippen LogP contribution >= 0.6 is 11.3 Å². The summed E-state index contributed by atoms with van der Waals surface area (Å²) < 4.78 is 2.12. The molecular weight excluding hydrogens is 294 g/mol. The van der Waals surface area contributed by atoms with E-state index in [0.717, 1.165) is 18.2 Å². The summed E-state index contributed by atoms with van der Waals surface area (Å²) in [5.41, 5.74) is 2.32. The average Bonchev–Trinajstić information content (AvgIpc) is 3.10. The molecule has 2 rings (SSSR count). The molecule has 0 saturated heterocycles. The third kappa shape index (κ3) is 4.10. The summed E-state index contributed by atoms with van der Waals surface area (Å²) in [6.45, 7) is 5.86. The van der Waals surface area contributed by atoms with Gasteiger partial charge in [0.2, 0.25) is 0 Å². The zero-order chi connectivity index (χ0) is 16.1. The zero-order valence-electron chi connectivity index (χ0n) is 14.0. The topological polar surface area (TPSA) is 45.5 Å². The first kappa shape index (κ1) is 16.5.